The van der Waals surface area contributed by atoms with Gasteiger partial charge < -0.3 is 16.0 Å². The van der Waals surface area contributed by atoms with E-state index in [-0.39, 0.29) is 17.7 Å². The minimum absolute atomic E-state index is 0.107. The van der Waals surface area contributed by atoms with Gasteiger partial charge in [0.15, 0.2) is 0 Å². The van der Waals surface area contributed by atoms with E-state index in [0.717, 1.165) is 37.3 Å². The third kappa shape index (κ3) is 5.32. The Morgan fingerprint density at radius 2 is 2.00 bits per heavy atom. The van der Waals surface area contributed by atoms with E-state index in [1.165, 1.54) is 6.42 Å². The van der Waals surface area contributed by atoms with Gasteiger partial charge in [-0.1, -0.05) is 6.42 Å². The van der Waals surface area contributed by atoms with Gasteiger partial charge in [0.25, 0.3) is 0 Å². The van der Waals surface area contributed by atoms with E-state index in [9.17, 15) is 9.59 Å². The molecule has 2 rings (SSSR count). The molecule has 2 amide bonds. The molecule has 1 aliphatic heterocycles. The third-order valence-electron chi connectivity index (χ3n) is 3.88. The first-order valence-corrected chi connectivity index (χ1v) is 8.76. The van der Waals surface area contributed by atoms with Crippen molar-refractivity contribution in [1.82, 2.24) is 16.0 Å². The van der Waals surface area contributed by atoms with Crippen molar-refractivity contribution in [3.05, 3.63) is 0 Å². The summed E-state index contributed by atoms with van der Waals surface area (Å²) in [7, 11) is 0. The lowest BCUT2D eigenvalue weighted by Gasteiger charge is -2.24. The molecule has 114 valence electrons. The molecule has 0 aromatic rings. The van der Waals surface area contributed by atoms with E-state index in [4.69, 9.17) is 0 Å². The summed E-state index contributed by atoms with van der Waals surface area (Å²) in [5.41, 5.74) is 0. The molecule has 1 atom stereocenters. The zero-order valence-corrected chi connectivity index (χ0v) is 12.8. The van der Waals surface area contributed by atoms with Crippen LogP contribution in [0.5, 0.6) is 0 Å². The van der Waals surface area contributed by atoms with Gasteiger partial charge in [-0.05, 0) is 19.3 Å². The Morgan fingerprint density at radius 1 is 1.20 bits per heavy atom. The molecule has 6 heteroatoms. The molecule has 1 heterocycles. The largest absolute Gasteiger partial charge is 0.356 e. The number of amides is 2. The van der Waals surface area contributed by atoms with Gasteiger partial charge in [-0.25, -0.2) is 0 Å². The first kappa shape index (κ1) is 15.6. The molecule has 1 unspecified atom stereocenters. The van der Waals surface area contributed by atoms with E-state index >= 15 is 0 Å². The standard InChI is InChI=1S/C14H25N3O2S/c18-13(9-12-10-20-8-7-15-12)16-5-2-6-17-14(19)11-3-1-4-11/h11-12,15H,1-10H2,(H,16,18)(H,17,19). The summed E-state index contributed by atoms with van der Waals surface area (Å²) in [6, 6.07) is 0.312. The Kier molecular flexibility index (Phi) is 6.66. The summed E-state index contributed by atoms with van der Waals surface area (Å²) in [5, 5.41) is 9.21. The van der Waals surface area contributed by atoms with Gasteiger partial charge in [0.05, 0.1) is 0 Å². The van der Waals surface area contributed by atoms with Crippen LogP contribution in [0.15, 0.2) is 0 Å². The molecule has 20 heavy (non-hydrogen) atoms. The number of hydrogen-bond acceptors (Lipinski definition) is 4. The fourth-order valence-electron chi connectivity index (χ4n) is 2.39. The van der Waals surface area contributed by atoms with Crippen LogP contribution in [0.4, 0.5) is 0 Å². The predicted molar refractivity (Wildman–Crippen MR) is 81.7 cm³/mol. The molecular formula is C14H25N3O2S. The van der Waals surface area contributed by atoms with Gasteiger partial charge in [-0.2, -0.15) is 11.8 Å². The van der Waals surface area contributed by atoms with Crippen LogP contribution in [0.2, 0.25) is 0 Å². The van der Waals surface area contributed by atoms with E-state index in [1.54, 1.807) is 0 Å². The van der Waals surface area contributed by atoms with Gasteiger partial charge in [-0.15, -0.1) is 0 Å². The maximum atomic E-state index is 11.7. The van der Waals surface area contributed by atoms with E-state index in [2.05, 4.69) is 16.0 Å². The Hall–Kier alpha value is -0.750. The second-order valence-corrected chi connectivity index (χ2v) is 6.70. The Labute approximate surface area is 125 Å². The van der Waals surface area contributed by atoms with Crippen LogP contribution >= 0.6 is 11.8 Å². The third-order valence-corrected chi connectivity index (χ3v) is 5.01. The average molecular weight is 299 g/mol. The monoisotopic (exact) mass is 299 g/mol. The van der Waals surface area contributed by atoms with Crippen molar-refractivity contribution < 1.29 is 9.59 Å². The molecule has 5 nitrogen and oxygen atoms in total. The van der Waals surface area contributed by atoms with Gasteiger partial charge in [0, 0.05) is 49.5 Å². The van der Waals surface area contributed by atoms with E-state index in [1.807, 2.05) is 11.8 Å². The van der Waals surface area contributed by atoms with Crippen LogP contribution in [0.3, 0.4) is 0 Å². The molecule has 3 N–H and O–H groups in total. The minimum Gasteiger partial charge on any atom is -0.356 e. The van der Waals surface area contributed by atoms with Crippen LogP contribution in [-0.2, 0) is 9.59 Å². The summed E-state index contributed by atoms with van der Waals surface area (Å²) in [6.07, 6.45) is 4.62. The van der Waals surface area contributed by atoms with Crippen LogP contribution in [0.1, 0.15) is 32.1 Å². The van der Waals surface area contributed by atoms with Crippen molar-refractivity contribution in [3.8, 4) is 0 Å². The van der Waals surface area contributed by atoms with Gasteiger partial charge in [-0.3, -0.25) is 9.59 Å². The van der Waals surface area contributed by atoms with E-state index < -0.39 is 0 Å². The Morgan fingerprint density at radius 3 is 2.65 bits per heavy atom. The highest BCUT2D eigenvalue weighted by atomic mass is 32.2. The van der Waals surface area contributed by atoms with Gasteiger partial charge in [0.2, 0.25) is 11.8 Å². The van der Waals surface area contributed by atoms with Crippen LogP contribution in [-0.4, -0.2) is 49.0 Å². The number of rotatable bonds is 7. The number of hydrogen-bond donors (Lipinski definition) is 3. The molecule has 0 aromatic heterocycles. The molecule has 0 spiro atoms. The van der Waals surface area contributed by atoms with Crippen molar-refractivity contribution in [2.24, 2.45) is 5.92 Å². The molecule has 0 radical (unpaired) electrons. The highest BCUT2D eigenvalue weighted by Crippen LogP contribution is 2.25. The Bertz CT molecular complexity index is 328. The van der Waals surface area contributed by atoms with Crippen LogP contribution in [0.25, 0.3) is 0 Å². The molecule has 2 aliphatic rings. The smallest absolute Gasteiger partial charge is 0.223 e. The summed E-state index contributed by atoms with van der Waals surface area (Å²) < 4.78 is 0. The van der Waals surface area contributed by atoms with Crippen LogP contribution < -0.4 is 16.0 Å². The van der Waals surface area contributed by atoms with Crippen molar-refractivity contribution >= 4 is 23.6 Å². The van der Waals surface area contributed by atoms with E-state index in [0.29, 0.717) is 25.6 Å². The van der Waals surface area contributed by atoms with Crippen molar-refractivity contribution in [1.29, 1.82) is 0 Å². The quantitative estimate of drug-likeness (QED) is 0.599. The molecule has 1 saturated carbocycles. The molecule has 2 fully saturated rings. The summed E-state index contributed by atoms with van der Waals surface area (Å²) in [4.78, 5) is 23.3. The second-order valence-electron chi connectivity index (χ2n) is 5.55. The van der Waals surface area contributed by atoms with Crippen LogP contribution in [0, 0.1) is 5.92 Å². The number of carbonyl (C=O) groups is 2. The zero-order valence-electron chi connectivity index (χ0n) is 12.0. The molecule has 0 bridgehead atoms. The maximum absolute atomic E-state index is 11.7. The fourth-order valence-corrected chi connectivity index (χ4v) is 3.34. The molecule has 0 aromatic carbocycles. The second kappa shape index (κ2) is 8.52. The molecule has 1 saturated heterocycles. The highest BCUT2D eigenvalue weighted by molar-refractivity contribution is 7.99. The molecular weight excluding hydrogens is 274 g/mol. The summed E-state index contributed by atoms with van der Waals surface area (Å²) in [6.45, 7) is 2.30. The first-order valence-electron chi connectivity index (χ1n) is 7.61. The highest BCUT2D eigenvalue weighted by Gasteiger charge is 2.24. The lowest BCUT2D eigenvalue weighted by molar-refractivity contribution is -0.127. The van der Waals surface area contributed by atoms with Gasteiger partial charge >= 0.3 is 0 Å². The molecule has 1 aliphatic carbocycles. The van der Waals surface area contributed by atoms with Crippen molar-refractivity contribution in [2.45, 2.75) is 38.1 Å². The summed E-state index contributed by atoms with van der Waals surface area (Å²) >= 11 is 1.90. The maximum Gasteiger partial charge on any atom is 0.223 e. The summed E-state index contributed by atoms with van der Waals surface area (Å²) in [5.74, 6) is 2.70. The fraction of sp³-hybridized carbons (Fsp3) is 0.857. The first-order chi connectivity index (χ1) is 9.75. The SMILES string of the molecule is O=C(CC1CSCCN1)NCCCNC(=O)C1CCC1. The van der Waals surface area contributed by atoms with Gasteiger partial charge in [0.1, 0.15) is 0 Å². The minimum atomic E-state index is 0.107. The van der Waals surface area contributed by atoms with Crippen molar-refractivity contribution in [3.63, 3.8) is 0 Å². The Balaban J connectivity index is 1.45. The average Bonchev–Trinajstić information content (AvgIpc) is 2.37. The number of nitrogens with one attached hydrogen (secondary N) is 3. The zero-order chi connectivity index (χ0) is 14.2. The number of thioether (sulfide) groups is 1. The predicted octanol–water partition coefficient (Wildman–Crippen LogP) is 0.504. The topological polar surface area (TPSA) is 70.2 Å². The normalized spacial score (nSPS) is 22.9. The lowest BCUT2D eigenvalue weighted by Crippen LogP contribution is -2.41. The number of carbonyl (C=O) groups excluding carboxylic acids is 2. The lowest BCUT2D eigenvalue weighted by atomic mass is 9.85. The van der Waals surface area contributed by atoms with Crippen molar-refractivity contribution in [2.75, 3.05) is 31.1 Å².